The molecule has 0 aliphatic heterocycles. The van der Waals surface area contributed by atoms with E-state index in [9.17, 15) is 5.11 Å². The topological polar surface area (TPSA) is 36.6 Å². The van der Waals surface area contributed by atoms with Gasteiger partial charge in [-0.2, -0.15) is 0 Å². The first-order valence-corrected chi connectivity index (χ1v) is 7.25. The fraction of sp³-hybridized carbons (Fsp3) is 0.333. The van der Waals surface area contributed by atoms with Gasteiger partial charge in [-0.1, -0.05) is 22.0 Å². The Balaban J connectivity index is 1.85. The van der Waals surface area contributed by atoms with Crippen LogP contribution in [0.5, 0.6) is 0 Å². The molecule has 3 nitrogen and oxygen atoms in total. The first-order chi connectivity index (χ1) is 9.28. The van der Waals surface area contributed by atoms with Crippen LogP contribution >= 0.6 is 15.9 Å². The summed E-state index contributed by atoms with van der Waals surface area (Å²) in [7, 11) is 0. The zero-order chi connectivity index (χ0) is 13.2. The van der Waals surface area contributed by atoms with Gasteiger partial charge in [-0.3, -0.25) is 0 Å². The summed E-state index contributed by atoms with van der Waals surface area (Å²) in [5, 5.41) is 9.22. The number of nitrogens with zero attached hydrogens (tertiary/aromatic N) is 1. The van der Waals surface area contributed by atoms with E-state index >= 15 is 0 Å². The molecule has 1 fully saturated rings. The third kappa shape index (κ3) is 2.85. The van der Waals surface area contributed by atoms with Crippen molar-refractivity contribution < 1.29 is 9.52 Å². The number of hydrogen-bond acceptors (Lipinski definition) is 3. The lowest BCUT2D eigenvalue weighted by atomic mass is 10.2. The molecule has 1 aromatic carbocycles. The van der Waals surface area contributed by atoms with E-state index in [1.807, 2.05) is 18.2 Å². The Morgan fingerprint density at radius 1 is 1.32 bits per heavy atom. The molecule has 0 spiro atoms. The molecule has 4 heteroatoms. The average molecular weight is 322 g/mol. The lowest BCUT2D eigenvalue weighted by Gasteiger charge is -2.24. The van der Waals surface area contributed by atoms with Crippen LogP contribution in [0.3, 0.4) is 0 Å². The molecule has 0 saturated heterocycles. The molecule has 0 bridgehead atoms. The Bertz CT molecular complexity index is 549. The van der Waals surface area contributed by atoms with Gasteiger partial charge in [0.2, 0.25) is 0 Å². The number of aliphatic hydroxyl groups is 1. The van der Waals surface area contributed by atoms with Crippen LogP contribution in [0, 0.1) is 0 Å². The van der Waals surface area contributed by atoms with Crippen molar-refractivity contribution in [2.24, 2.45) is 0 Å². The first-order valence-electron chi connectivity index (χ1n) is 6.46. The molecular formula is C15H16BrNO2. The van der Waals surface area contributed by atoms with E-state index in [1.165, 1.54) is 18.5 Å². The molecule has 1 aliphatic carbocycles. The number of hydrogen-bond donors (Lipinski definition) is 1. The Kier molecular flexibility index (Phi) is 3.62. The lowest BCUT2D eigenvalue weighted by molar-refractivity contribution is 0.281. The first kappa shape index (κ1) is 12.8. The Hall–Kier alpha value is -1.26. The van der Waals surface area contributed by atoms with Gasteiger partial charge in [0.15, 0.2) is 0 Å². The summed E-state index contributed by atoms with van der Waals surface area (Å²) in [4.78, 5) is 2.37. The van der Waals surface area contributed by atoms with E-state index in [2.05, 4.69) is 33.0 Å². The van der Waals surface area contributed by atoms with E-state index in [1.54, 1.807) is 6.26 Å². The highest BCUT2D eigenvalue weighted by atomic mass is 79.9. The van der Waals surface area contributed by atoms with Crippen molar-refractivity contribution in [1.82, 2.24) is 0 Å². The molecular weight excluding hydrogens is 306 g/mol. The van der Waals surface area contributed by atoms with Gasteiger partial charge in [0.05, 0.1) is 19.4 Å². The van der Waals surface area contributed by atoms with Gasteiger partial charge in [-0.05, 0) is 42.7 Å². The predicted octanol–water partition coefficient (Wildman–Crippen LogP) is 3.70. The normalized spacial score (nSPS) is 14.6. The van der Waals surface area contributed by atoms with Crippen LogP contribution in [0.15, 0.2) is 45.5 Å². The summed E-state index contributed by atoms with van der Waals surface area (Å²) in [5.74, 6) is 0.981. The van der Waals surface area contributed by atoms with E-state index in [-0.39, 0.29) is 6.61 Å². The quantitative estimate of drug-likeness (QED) is 0.912. The van der Waals surface area contributed by atoms with Crippen LogP contribution in [0.1, 0.15) is 24.2 Å². The van der Waals surface area contributed by atoms with Crippen molar-refractivity contribution in [3.8, 4) is 0 Å². The third-order valence-electron chi connectivity index (χ3n) is 3.43. The summed E-state index contributed by atoms with van der Waals surface area (Å²) in [5.41, 5.74) is 2.08. The summed E-state index contributed by atoms with van der Waals surface area (Å²) in [6.07, 6.45) is 4.19. The van der Waals surface area contributed by atoms with Crippen LogP contribution in [0.25, 0.3) is 0 Å². The van der Waals surface area contributed by atoms with Gasteiger partial charge in [-0.15, -0.1) is 0 Å². The van der Waals surface area contributed by atoms with Gasteiger partial charge in [0.1, 0.15) is 5.76 Å². The molecule has 3 rings (SSSR count). The van der Waals surface area contributed by atoms with Gasteiger partial charge in [0.25, 0.3) is 0 Å². The smallest absolute Gasteiger partial charge is 0.123 e. The second kappa shape index (κ2) is 5.39. The SMILES string of the molecule is OCc1ccc(N(Cc2ccco2)C2CC2)cc1Br. The van der Waals surface area contributed by atoms with Crippen molar-refractivity contribution in [2.45, 2.75) is 32.0 Å². The number of aliphatic hydroxyl groups excluding tert-OH is 1. The van der Waals surface area contributed by atoms with Crippen LogP contribution in [-0.4, -0.2) is 11.1 Å². The maximum Gasteiger partial charge on any atom is 0.123 e. The molecule has 0 atom stereocenters. The fourth-order valence-corrected chi connectivity index (χ4v) is 2.72. The van der Waals surface area contributed by atoms with Gasteiger partial charge in [0, 0.05) is 16.2 Å². The molecule has 0 amide bonds. The fourth-order valence-electron chi connectivity index (χ4n) is 2.23. The molecule has 0 radical (unpaired) electrons. The molecule has 19 heavy (non-hydrogen) atoms. The summed E-state index contributed by atoms with van der Waals surface area (Å²) >= 11 is 3.51. The summed E-state index contributed by atoms with van der Waals surface area (Å²) in [6.45, 7) is 0.852. The maximum atomic E-state index is 9.22. The Morgan fingerprint density at radius 3 is 2.74 bits per heavy atom. The summed E-state index contributed by atoms with van der Waals surface area (Å²) < 4.78 is 6.40. The van der Waals surface area contributed by atoms with Crippen molar-refractivity contribution in [2.75, 3.05) is 4.90 Å². The number of furan rings is 1. The lowest BCUT2D eigenvalue weighted by Crippen LogP contribution is -2.24. The number of anilines is 1. The minimum absolute atomic E-state index is 0.0580. The maximum absolute atomic E-state index is 9.22. The van der Waals surface area contributed by atoms with Gasteiger partial charge in [-0.25, -0.2) is 0 Å². The van der Waals surface area contributed by atoms with Crippen LogP contribution in [0.4, 0.5) is 5.69 Å². The van der Waals surface area contributed by atoms with Crippen molar-refractivity contribution >= 4 is 21.6 Å². The van der Waals surface area contributed by atoms with Crippen molar-refractivity contribution in [3.05, 3.63) is 52.4 Å². The largest absolute Gasteiger partial charge is 0.467 e. The van der Waals surface area contributed by atoms with Gasteiger partial charge < -0.3 is 14.4 Å². The van der Waals surface area contributed by atoms with E-state index < -0.39 is 0 Å². The predicted molar refractivity (Wildman–Crippen MR) is 78.0 cm³/mol. The highest BCUT2D eigenvalue weighted by Gasteiger charge is 2.30. The minimum Gasteiger partial charge on any atom is -0.467 e. The second-order valence-corrected chi connectivity index (χ2v) is 5.73. The molecule has 0 unspecified atom stereocenters. The zero-order valence-electron chi connectivity index (χ0n) is 10.6. The Morgan fingerprint density at radius 2 is 2.16 bits per heavy atom. The third-order valence-corrected chi connectivity index (χ3v) is 4.17. The molecule has 1 saturated carbocycles. The average Bonchev–Trinajstić information content (AvgIpc) is 3.13. The minimum atomic E-state index is 0.0580. The molecule has 1 aromatic heterocycles. The molecule has 2 aromatic rings. The molecule has 1 heterocycles. The zero-order valence-corrected chi connectivity index (χ0v) is 12.1. The summed E-state index contributed by atoms with van der Waals surface area (Å²) in [6, 6.07) is 10.6. The van der Waals surface area contributed by atoms with E-state index in [4.69, 9.17) is 4.42 Å². The number of halogens is 1. The monoisotopic (exact) mass is 321 g/mol. The highest BCUT2D eigenvalue weighted by molar-refractivity contribution is 9.10. The van der Waals surface area contributed by atoms with Crippen molar-refractivity contribution in [1.29, 1.82) is 0 Å². The molecule has 1 aliphatic rings. The van der Waals surface area contributed by atoms with E-state index in [0.29, 0.717) is 6.04 Å². The second-order valence-electron chi connectivity index (χ2n) is 4.87. The molecule has 1 N–H and O–H groups in total. The highest BCUT2D eigenvalue weighted by Crippen LogP contribution is 2.35. The number of benzene rings is 1. The van der Waals surface area contributed by atoms with E-state index in [0.717, 1.165) is 22.3 Å². The van der Waals surface area contributed by atoms with Gasteiger partial charge >= 0.3 is 0 Å². The standard InChI is InChI=1S/C15H16BrNO2/c16-15-8-13(4-3-11(15)10-18)17(12-5-6-12)9-14-2-1-7-19-14/h1-4,7-8,12,18H,5-6,9-10H2. The van der Waals surface area contributed by atoms with Crippen LogP contribution in [-0.2, 0) is 13.2 Å². The molecule has 100 valence electrons. The van der Waals surface area contributed by atoms with Crippen LogP contribution in [0.2, 0.25) is 0 Å². The van der Waals surface area contributed by atoms with Crippen LogP contribution < -0.4 is 4.90 Å². The van der Waals surface area contributed by atoms with Crippen molar-refractivity contribution in [3.63, 3.8) is 0 Å². The Labute approximate surface area is 121 Å². The number of rotatable bonds is 5.